The van der Waals surface area contributed by atoms with Gasteiger partial charge in [0.15, 0.2) is 9.84 Å². The second-order valence-electron chi connectivity index (χ2n) is 4.60. The summed E-state index contributed by atoms with van der Waals surface area (Å²) in [6.45, 7) is 3.00. The third-order valence-corrected chi connectivity index (χ3v) is 4.88. The number of sulfone groups is 1. The van der Waals surface area contributed by atoms with Crippen molar-refractivity contribution in [3.05, 3.63) is 23.5 Å². The highest BCUT2D eigenvalue weighted by molar-refractivity contribution is 7.91. The number of rotatable bonds is 2. The first-order valence-corrected chi connectivity index (χ1v) is 7.86. The molecule has 18 heavy (non-hydrogen) atoms. The first-order chi connectivity index (χ1) is 8.52. The van der Waals surface area contributed by atoms with Gasteiger partial charge < -0.3 is 10.0 Å². The van der Waals surface area contributed by atoms with E-state index in [1.54, 1.807) is 6.20 Å². The smallest absolute Gasteiger partial charge is 0.152 e. The van der Waals surface area contributed by atoms with Gasteiger partial charge in [0.25, 0.3) is 0 Å². The minimum atomic E-state index is -2.91. The van der Waals surface area contributed by atoms with Crippen LogP contribution in [0.5, 0.6) is 0 Å². The summed E-state index contributed by atoms with van der Waals surface area (Å²) in [7, 11) is -2.91. The number of hydrogen-bond acceptors (Lipinski definition) is 5. The van der Waals surface area contributed by atoms with E-state index in [9.17, 15) is 13.5 Å². The van der Waals surface area contributed by atoms with E-state index < -0.39 is 9.84 Å². The molecular formula is C12H18N2O3S. The first kappa shape index (κ1) is 13.3. The summed E-state index contributed by atoms with van der Waals surface area (Å²) in [6, 6.07) is 1.91. The van der Waals surface area contributed by atoms with Crippen molar-refractivity contribution < 1.29 is 13.5 Å². The van der Waals surface area contributed by atoms with E-state index in [0.29, 0.717) is 19.5 Å². The van der Waals surface area contributed by atoms with Gasteiger partial charge in [-0.05, 0) is 19.4 Å². The molecule has 0 radical (unpaired) electrons. The Morgan fingerprint density at radius 2 is 2.17 bits per heavy atom. The van der Waals surface area contributed by atoms with E-state index >= 15 is 0 Å². The van der Waals surface area contributed by atoms with Crippen LogP contribution in [-0.4, -0.2) is 43.1 Å². The Hall–Kier alpha value is -1.14. The van der Waals surface area contributed by atoms with Crippen molar-refractivity contribution in [2.75, 3.05) is 29.5 Å². The third-order valence-electron chi connectivity index (χ3n) is 3.17. The van der Waals surface area contributed by atoms with E-state index in [2.05, 4.69) is 4.98 Å². The molecule has 5 nitrogen and oxygen atoms in total. The molecule has 6 heteroatoms. The highest BCUT2D eigenvalue weighted by Crippen LogP contribution is 2.22. The number of nitrogens with zero attached hydrogens (tertiary/aromatic N) is 2. The van der Waals surface area contributed by atoms with Gasteiger partial charge in [-0.25, -0.2) is 8.42 Å². The molecule has 100 valence electrons. The zero-order chi connectivity index (χ0) is 13.2. The molecule has 1 aliphatic heterocycles. The van der Waals surface area contributed by atoms with Crippen LogP contribution in [0.1, 0.15) is 17.7 Å². The van der Waals surface area contributed by atoms with Gasteiger partial charge in [-0.2, -0.15) is 0 Å². The maximum atomic E-state index is 11.6. The van der Waals surface area contributed by atoms with Crippen LogP contribution < -0.4 is 4.90 Å². The highest BCUT2D eigenvalue weighted by atomic mass is 32.2. The van der Waals surface area contributed by atoms with Crippen LogP contribution in [0.3, 0.4) is 0 Å². The number of anilines is 1. The highest BCUT2D eigenvalue weighted by Gasteiger charge is 2.20. The number of aromatic nitrogens is 1. The van der Waals surface area contributed by atoms with E-state index in [1.807, 2.05) is 17.9 Å². The lowest BCUT2D eigenvalue weighted by Gasteiger charge is -2.24. The van der Waals surface area contributed by atoms with Crippen molar-refractivity contribution in [2.45, 2.75) is 20.0 Å². The Labute approximate surface area is 107 Å². The number of aliphatic hydroxyl groups excluding tert-OH is 1. The SMILES string of the molecule is Cc1cc(N2CCCS(=O)(=O)CC2)c(CO)cn1. The zero-order valence-corrected chi connectivity index (χ0v) is 11.3. The second kappa shape index (κ2) is 5.24. The summed E-state index contributed by atoms with van der Waals surface area (Å²) in [5.41, 5.74) is 2.52. The van der Waals surface area contributed by atoms with Crippen molar-refractivity contribution in [3.63, 3.8) is 0 Å². The molecule has 0 spiro atoms. The fourth-order valence-electron chi connectivity index (χ4n) is 2.17. The van der Waals surface area contributed by atoms with Gasteiger partial charge in [-0.1, -0.05) is 0 Å². The standard InChI is InChI=1S/C12H18N2O3S/c1-10-7-12(11(9-15)8-13-10)14-3-2-5-18(16,17)6-4-14/h7-8,15H,2-6,9H2,1H3. The Kier molecular flexibility index (Phi) is 3.87. The molecule has 0 atom stereocenters. The fraction of sp³-hybridized carbons (Fsp3) is 0.583. The largest absolute Gasteiger partial charge is 0.392 e. The minimum absolute atomic E-state index is 0.0775. The predicted octanol–water partition coefficient (Wildman–Crippen LogP) is 0.507. The Balaban J connectivity index is 2.28. The zero-order valence-electron chi connectivity index (χ0n) is 10.5. The van der Waals surface area contributed by atoms with Crippen molar-refractivity contribution >= 4 is 15.5 Å². The van der Waals surface area contributed by atoms with Crippen LogP contribution in [0.25, 0.3) is 0 Å². The van der Waals surface area contributed by atoms with Crippen molar-refractivity contribution in [3.8, 4) is 0 Å². The van der Waals surface area contributed by atoms with Crippen LogP contribution in [0.15, 0.2) is 12.3 Å². The lowest BCUT2D eigenvalue weighted by molar-refractivity contribution is 0.281. The third kappa shape index (κ3) is 3.00. The molecule has 0 saturated carbocycles. The molecule has 1 N–H and O–H groups in total. The van der Waals surface area contributed by atoms with Crippen molar-refractivity contribution in [1.29, 1.82) is 0 Å². The van der Waals surface area contributed by atoms with Crippen LogP contribution in [0.2, 0.25) is 0 Å². The van der Waals surface area contributed by atoms with Crippen LogP contribution in [0.4, 0.5) is 5.69 Å². The Morgan fingerprint density at radius 1 is 1.39 bits per heavy atom. The maximum absolute atomic E-state index is 11.6. The topological polar surface area (TPSA) is 70.5 Å². The predicted molar refractivity (Wildman–Crippen MR) is 70.4 cm³/mol. The number of aryl methyl sites for hydroxylation is 1. The normalized spacial score (nSPS) is 19.6. The van der Waals surface area contributed by atoms with E-state index in [-0.39, 0.29) is 18.1 Å². The summed E-state index contributed by atoms with van der Waals surface area (Å²) in [5, 5.41) is 9.33. The molecule has 0 bridgehead atoms. The molecule has 1 aromatic rings. The summed E-state index contributed by atoms with van der Waals surface area (Å²) in [5.74, 6) is 0.432. The quantitative estimate of drug-likeness (QED) is 0.847. The van der Waals surface area contributed by atoms with Gasteiger partial charge in [0, 0.05) is 36.2 Å². The maximum Gasteiger partial charge on any atom is 0.152 e. The van der Waals surface area contributed by atoms with E-state index in [1.165, 1.54) is 0 Å². The monoisotopic (exact) mass is 270 g/mol. The van der Waals surface area contributed by atoms with Crippen molar-refractivity contribution in [1.82, 2.24) is 4.98 Å². The summed E-state index contributed by atoms with van der Waals surface area (Å²) >= 11 is 0. The Bertz CT molecular complexity index is 528. The summed E-state index contributed by atoms with van der Waals surface area (Å²) < 4.78 is 23.2. The van der Waals surface area contributed by atoms with Crippen LogP contribution in [0, 0.1) is 6.92 Å². The Morgan fingerprint density at radius 3 is 2.89 bits per heavy atom. The van der Waals surface area contributed by atoms with E-state index in [0.717, 1.165) is 16.9 Å². The molecule has 2 rings (SSSR count). The van der Waals surface area contributed by atoms with Crippen LogP contribution in [-0.2, 0) is 16.4 Å². The molecule has 1 aliphatic rings. The van der Waals surface area contributed by atoms with Gasteiger partial charge in [0.05, 0.1) is 18.1 Å². The van der Waals surface area contributed by atoms with Gasteiger partial charge in [-0.3, -0.25) is 4.98 Å². The molecule has 2 heterocycles. The van der Waals surface area contributed by atoms with Gasteiger partial charge in [0.2, 0.25) is 0 Å². The summed E-state index contributed by atoms with van der Waals surface area (Å²) in [4.78, 5) is 6.19. The van der Waals surface area contributed by atoms with E-state index in [4.69, 9.17) is 0 Å². The number of pyridine rings is 1. The minimum Gasteiger partial charge on any atom is -0.392 e. The lowest BCUT2D eigenvalue weighted by atomic mass is 10.2. The van der Waals surface area contributed by atoms with Crippen molar-refractivity contribution in [2.24, 2.45) is 0 Å². The molecule has 0 unspecified atom stereocenters. The average molecular weight is 270 g/mol. The number of hydrogen-bond donors (Lipinski definition) is 1. The molecule has 0 aliphatic carbocycles. The number of aliphatic hydroxyl groups is 1. The van der Waals surface area contributed by atoms with Gasteiger partial charge >= 0.3 is 0 Å². The van der Waals surface area contributed by atoms with Gasteiger partial charge in [-0.15, -0.1) is 0 Å². The fourth-order valence-corrected chi connectivity index (χ4v) is 3.44. The lowest BCUT2D eigenvalue weighted by Crippen LogP contribution is -2.28. The summed E-state index contributed by atoms with van der Waals surface area (Å²) in [6.07, 6.45) is 2.29. The second-order valence-corrected chi connectivity index (χ2v) is 6.91. The first-order valence-electron chi connectivity index (χ1n) is 6.03. The van der Waals surface area contributed by atoms with Crippen LogP contribution >= 0.6 is 0 Å². The average Bonchev–Trinajstić information content (AvgIpc) is 2.50. The molecule has 0 aromatic carbocycles. The molecule has 1 fully saturated rings. The molecule has 0 amide bonds. The molecule has 1 aromatic heterocycles. The molecule has 1 saturated heterocycles. The van der Waals surface area contributed by atoms with Gasteiger partial charge in [0.1, 0.15) is 0 Å². The molecular weight excluding hydrogens is 252 g/mol.